The van der Waals surface area contributed by atoms with Crippen molar-refractivity contribution in [1.82, 2.24) is 9.97 Å². The third-order valence-corrected chi connectivity index (χ3v) is 2.59. The van der Waals surface area contributed by atoms with E-state index in [1.165, 1.54) is 6.33 Å². The van der Waals surface area contributed by atoms with E-state index in [-0.39, 0.29) is 0 Å². The molecule has 0 fully saturated rings. The van der Waals surface area contributed by atoms with Crippen molar-refractivity contribution in [2.75, 3.05) is 5.32 Å². The molecule has 0 aliphatic heterocycles. The Labute approximate surface area is 98.5 Å². The average molecular weight is 231 g/mol. The predicted octanol–water partition coefficient (Wildman–Crippen LogP) is 1.82. The number of carbonyl (C=O) groups is 1. The van der Waals surface area contributed by atoms with Crippen molar-refractivity contribution < 1.29 is 9.90 Å². The summed E-state index contributed by atoms with van der Waals surface area (Å²) < 4.78 is 0. The SMILES string of the molecule is Cc1cccc2ncnc(N[C@@H](C)C(=O)O)c12. The highest BCUT2D eigenvalue weighted by molar-refractivity contribution is 5.93. The number of carboxylic acids is 1. The second kappa shape index (κ2) is 4.37. The van der Waals surface area contributed by atoms with Gasteiger partial charge >= 0.3 is 5.97 Å². The number of fused-ring (bicyclic) bond motifs is 1. The van der Waals surface area contributed by atoms with E-state index in [4.69, 9.17) is 5.11 Å². The fourth-order valence-corrected chi connectivity index (χ4v) is 1.66. The molecule has 2 N–H and O–H groups in total. The second-order valence-corrected chi connectivity index (χ2v) is 3.90. The largest absolute Gasteiger partial charge is 0.480 e. The van der Waals surface area contributed by atoms with Gasteiger partial charge in [0.25, 0.3) is 0 Å². The van der Waals surface area contributed by atoms with Crippen molar-refractivity contribution in [2.45, 2.75) is 19.9 Å². The summed E-state index contributed by atoms with van der Waals surface area (Å²) in [6, 6.07) is 5.05. The Morgan fingerprint density at radius 2 is 2.18 bits per heavy atom. The lowest BCUT2D eigenvalue weighted by Gasteiger charge is -2.12. The summed E-state index contributed by atoms with van der Waals surface area (Å²) in [7, 11) is 0. The van der Waals surface area contributed by atoms with E-state index >= 15 is 0 Å². The molecule has 88 valence electrons. The lowest BCUT2D eigenvalue weighted by Crippen LogP contribution is -2.26. The van der Waals surface area contributed by atoms with Crippen LogP contribution in [-0.2, 0) is 4.79 Å². The molecule has 0 spiro atoms. The number of benzene rings is 1. The zero-order chi connectivity index (χ0) is 12.4. The highest BCUT2D eigenvalue weighted by Gasteiger charge is 2.13. The zero-order valence-electron chi connectivity index (χ0n) is 9.64. The van der Waals surface area contributed by atoms with Crippen molar-refractivity contribution in [3.05, 3.63) is 30.1 Å². The Morgan fingerprint density at radius 1 is 1.41 bits per heavy atom. The van der Waals surface area contributed by atoms with Gasteiger partial charge in [0.1, 0.15) is 18.2 Å². The quantitative estimate of drug-likeness (QED) is 0.842. The molecular formula is C12H13N3O2. The van der Waals surface area contributed by atoms with Crippen LogP contribution in [0.25, 0.3) is 10.9 Å². The van der Waals surface area contributed by atoms with Gasteiger partial charge in [0.2, 0.25) is 0 Å². The molecule has 17 heavy (non-hydrogen) atoms. The Balaban J connectivity index is 2.50. The summed E-state index contributed by atoms with van der Waals surface area (Å²) in [4.78, 5) is 19.1. The molecule has 1 heterocycles. The van der Waals surface area contributed by atoms with E-state index in [0.717, 1.165) is 16.5 Å². The number of hydrogen-bond acceptors (Lipinski definition) is 4. The minimum atomic E-state index is -0.912. The Hall–Kier alpha value is -2.17. The first-order valence-electron chi connectivity index (χ1n) is 5.29. The molecule has 0 saturated heterocycles. The topological polar surface area (TPSA) is 75.1 Å². The van der Waals surface area contributed by atoms with Crippen LogP contribution in [0.4, 0.5) is 5.82 Å². The Kier molecular flexibility index (Phi) is 2.91. The first kappa shape index (κ1) is 11.3. The van der Waals surface area contributed by atoms with Crippen molar-refractivity contribution in [3.8, 4) is 0 Å². The molecule has 0 aliphatic carbocycles. The molecule has 0 radical (unpaired) electrons. The van der Waals surface area contributed by atoms with Crippen LogP contribution in [0.2, 0.25) is 0 Å². The van der Waals surface area contributed by atoms with Gasteiger partial charge in [-0.05, 0) is 25.5 Å². The minimum Gasteiger partial charge on any atom is -0.480 e. The maximum absolute atomic E-state index is 10.8. The lowest BCUT2D eigenvalue weighted by atomic mass is 10.1. The zero-order valence-corrected chi connectivity index (χ0v) is 9.64. The molecule has 1 aromatic carbocycles. The van der Waals surface area contributed by atoms with Crippen molar-refractivity contribution in [1.29, 1.82) is 0 Å². The monoisotopic (exact) mass is 231 g/mol. The van der Waals surface area contributed by atoms with Crippen LogP contribution in [0.3, 0.4) is 0 Å². The van der Waals surface area contributed by atoms with Gasteiger partial charge in [-0.2, -0.15) is 0 Å². The third-order valence-electron chi connectivity index (χ3n) is 2.59. The van der Waals surface area contributed by atoms with Crippen molar-refractivity contribution in [3.63, 3.8) is 0 Å². The number of carboxylic acid groups (broad SMARTS) is 1. The first-order valence-corrected chi connectivity index (χ1v) is 5.29. The summed E-state index contributed by atoms with van der Waals surface area (Å²) in [6.07, 6.45) is 1.43. The highest BCUT2D eigenvalue weighted by atomic mass is 16.4. The summed E-state index contributed by atoms with van der Waals surface area (Å²) >= 11 is 0. The van der Waals surface area contributed by atoms with E-state index < -0.39 is 12.0 Å². The Morgan fingerprint density at radius 3 is 2.88 bits per heavy atom. The number of nitrogens with one attached hydrogen (secondary N) is 1. The van der Waals surface area contributed by atoms with E-state index in [1.807, 2.05) is 25.1 Å². The molecule has 5 heteroatoms. The van der Waals surface area contributed by atoms with Gasteiger partial charge < -0.3 is 10.4 Å². The fraction of sp³-hybridized carbons (Fsp3) is 0.250. The first-order chi connectivity index (χ1) is 8.09. The smallest absolute Gasteiger partial charge is 0.325 e. The molecule has 5 nitrogen and oxygen atoms in total. The number of rotatable bonds is 3. The van der Waals surface area contributed by atoms with Gasteiger partial charge in [0, 0.05) is 5.39 Å². The predicted molar refractivity (Wildman–Crippen MR) is 65.0 cm³/mol. The van der Waals surface area contributed by atoms with Gasteiger partial charge in [-0.1, -0.05) is 12.1 Å². The summed E-state index contributed by atoms with van der Waals surface area (Å²) in [5, 5.41) is 12.6. The number of aliphatic carboxylic acids is 1. The molecule has 2 aromatic rings. The standard InChI is InChI=1S/C12H13N3O2/c1-7-4-3-5-9-10(7)11(14-6-13-9)15-8(2)12(16)17/h3-6,8H,1-2H3,(H,16,17)(H,13,14,15)/t8-/m0/s1. The third kappa shape index (κ3) is 2.18. The number of aromatic nitrogens is 2. The average Bonchev–Trinajstić information content (AvgIpc) is 2.29. The van der Waals surface area contributed by atoms with Crippen molar-refractivity contribution in [2.24, 2.45) is 0 Å². The van der Waals surface area contributed by atoms with Crippen LogP contribution in [0.5, 0.6) is 0 Å². The Bertz CT molecular complexity index is 563. The molecule has 0 amide bonds. The summed E-state index contributed by atoms with van der Waals surface area (Å²) in [5.41, 5.74) is 1.82. The van der Waals surface area contributed by atoms with Crippen molar-refractivity contribution >= 4 is 22.7 Å². The van der Waals surface area contributed by atoms with Crippen LogP contribution in [0, 0.1) is 6.92 Å². The molecule has 1 atom stereocenters. The number of nitrogens with zero attached hydrogens (tertiary/aromatic N) is 2. The van der Waals surface area contributed by atoms with Gasteiger partial charge in [0.15, 0.2) is 0 Å². The number of anilines is 1. The van der Waals surface area contributed by atoms with E-state index in [0.29, 0.717) is 5.82 Å². The van der Waals surface area contributed by atoms with Gasteiger partial charge in [-0.3, -0.25) is 4.79 Å². The molecule has 0 aliphatic rings. The van der Waals surface area contributed by atoms with E-state index in [2.05, 4.69) is 15.3 Å². The molecule has 0 saturated carbocycles. The van der Waals surface area contributed by atoms with Gasteiger partial charge in [0.05, 0.1) is 5.52 Å². The minimum absolute atomic E-state index is 0.558. The molecule has 0 unspecified atom stereocenters. The number of hydrogen-bond donors (Lipinski definition) is 2. The van der Waals surface area contributed by atoms with Crippen LogP contribution in [-0.4, -0.2) is 27.1 Å². The van der Waals surface area contributed by atoms with E-state index in [1.54, 1.807) is 6.92 Å². The summed E-state index contributed by atoms with van der Waals surface area (Å²) in [5.74, 6) is -0.353. The summed E-state index contributed by atoms with van der Waals surface area (Å²) in [6.45, 7) is 3.52. The second-order valence-electron chi connectivity index (χ2n) is 3.90. The molecule has 1 aromatic heterocycles. The van der Waals surface area contributed by atoms with Gasteiger partial charge in [-0.15, -0.1) is 0 Å². The molecule has 2 rings (SSSR count). The maximum Gasteiger partial charge on any atom is 0.325 e. The van der Waals surface area contributed by atoms with Crippen LogP contribution in [0.15, 0.2) is 24.5 Å². The lowest BCUT2D eigenvalue weighted by molar-refractivity contribution is -0.137. The number of aryl methyl sites for hydroxylation is 1. The van der Waals surface area contributed by atoms with Gasteiger partial charge in [-0.25, -0.2) is 9.97 Å². The normalized spacial score (nSPS) is 12.4. The fourth-order valence-electron chi connectivity index (χ4n) is 1.66. The van der Waals surface area contributed by atoms with Crippen LogP contribution >= 0.6 is 0 Å². The highest BCUT2D eigenvalue weighted by Crippen LogP contribution is 2.23. The molecule has 0 bridgehead atoms. The van der Waals surface area contributed by atoms with Crippen LogP contribution < -0.4 is 5.32 Å². The maximum atomic E-state index is 10.8. The van der Waals surface area contributed by atoms with E-state index in [9.17, 15) is 4.79 Å². The molecular weight excluding hydrogens is 218 g/mol. The van der Waals surface area contributed by atoms with Crippen LogP contribution in [0.1, 0.15) is 12.5 Å².